The molecule has 2 rings (SSSR count). The Labute approximate surface area is 46.7 Å². The van der Waals surface area contributed by atoms with E-state index in [0.717, 1.165) is 24.3 Å². The molecule has 0 atom stereocenters. The second-order valence-corrected chi connectivity index (χ2v) is 1.81. The molecule has 0 spiro atoms. The highest BCUT2D eigenvalue weighted by atomic mass is 16.5. The van der Waals surface area contributed by atoms with E-state index in [1.807, 2.05) is 0 Å². The molecule has 0 aliphatic carbocycles. The van der Waals surface area contributed by atoms with Gasteiger partial charge >= 0.3 is 0 Å². The van der Waals surface area contributed by atoms with Crippen molar-refractivity contribution < 1.29 is 4.52 Å². The highest BCUT2D eigenvalue weighted by Crippen LogP contribution is 2.10. The lowest BCUT2D eigenvalue weighted by Gasteiger charge is -1.80. The van der Waals surface area contributed by atoms with Crippen LogP contribution in [0.5, 0.6) is 0 Å². The Morgan fingerprint density at radius 2 is 2.62 bits per heavy atom. The number of hydrogen-bond acceptors (Lipinski definition) is 3. The van der Waals surface area contributed by atoms with Crippen LogP contribution in [0.3, 0.4) is 0 Å². The summed E-state index contributed by atoms with van der Waals surface area (Å²) in [7, 11) is 0. The van der Waals surface area contributed by atoms with Gasteiger partial charge in [0.1, 0.15) is 5.69 Å². The molecule has 0 amide bonds. The summed E-state index contributed by atoms with van der Waals surface area (Å²) in [6.07, 6.45) is 2.67. The predicted octanol–water partition coefficient (Wildman–Crippen LogP) is 0.0780. The predicted molar refractivity (Wildman–Crippen MR) is 25.9 cm³/mol. The van der Waals surface area contributed by atoms with Crippen molar-refractivity contribution in [3.8, 4) is 0 Å². The number of aromatic nitrogens is 1. The van der Waals surface area contributed by atoms with Gasteiger partial charge in [-0.05, 0) is 0 Å². The fourth-order valence-electron chi connectivity index (χ4n) is 0.830. The van der Waals surface area contributed by atoms with Gasteiger partial charge in [-0.2, -0.15) is 0 Å². The van der Waals surface area contributed by atoms with Crippen molar-refractivity contribution in [2.75, 3.05) is 0 Å². The highest BCUT2D eigenvalue weighted by molar-refractivity contribution is 5.16. The molecule has 3 nitrogen and oxygen atoms in total. The van der Waals surface area contributed by atoms with E-state index in [0.29, 0.717) is 0 Å². The van der Waals surface area contributed by atoms with Crippen LogP contribution in [0.2, 0.25) is 0 Å². The van der Waals surface area contributed by atoms with Crippen LogP contribution < -0.4 is 5.32 Å². The van der Waals surface area contributed by atoms with Gasteiger partial charge in [-0.25, -0.2) is 0 Å². The molecule has 41 valence electrons. The zero-order chi connectivity index (χ0) is 5.40. The third kappa shape index (κ3) is 0.391. The Kier molecular flexibility index (Phi) is 0.676. The molecule has 0 saturated heterocycles. The molecular formula is C5H5N2O. The molecule has 1 radical (unpaired) electrons. The Bertz CT molecular complexity index is 176. The smallest absolute Gasteiger partial charge is 0.210 e. The Balaban J connectivity index is 2.54. The van der Waals surface area contributed by atoms with Gasteiger partial charge in [0.2, 0.25) is 6.26 Å². The van der Waals surface area contributed by atoms with Gasteiger partial charge in [0.05, 0.1) is 0 Å². The molecule has 0 bridgehead atoms. The summed E-state index contributed by atoms with van der Waals surface area (Å²) in [6.45, 7) is 1.70. The van der Waals surface area contributed by atoms with Crippen LogP contribution in [0.15, 0.2) is 4.52 Å². The van der Waals surface area contributed by atoms with E-state index >= 15 is 0 Å². The van der Waals surface area contributed by atoms with E-state index in [1.54, 1.807) is 0 Å². The fraction of sp³-hybridized carbons (Fsp3) is 0.400. The second kappa shape index (κ2) is 1.32. The summed E-state index contributed by atoms with van der Waals surface area (Å²) in [6, 6.07) is 0. The van der Waals surface area contributed by atoms with E-state index in [1.165, 1.54) is 0 Å². The molecule has 0 saturated carbocycles. The van der Waals surface area contributed by atoms with Crippen molar-refractivity contribution >= 4 is 0 Å². The first-order valence-electron chi connectivity index (χ1n) is 2.52. The zero-order valence-electron chi connectivity index (χ0n) is 4.27. The average molecular weight is 109 g/mol. The summed E-state index contributed by atoms with van der Waals surface area (Å²) in [5.41, 5.74) is 2.08. The van der Waals surface area contributed by atoms with Crippen molar-refractivity contribution in [1.29, 1.82) is 0 Å². The molecule has 2 heterocycles. The van der Waals surface area contributed by atoms with Gasteiger partial charge in [-0.15, -0.1) is 0 Å². The molecule has 1 aliphatic heterocycles. The minimum Gasteiger partial charge on any atom is -0.352 e. The SMILES string of the molecule is [c]1onc2c1CNC2. The third-order valence-corrected chi connectivity index (χ3v) is 1.27. The maximum atomic E-state index is 4.57. The fourth-order valence-corrected chi connectivity index (χ4v) is 0.830. The van der Waals surface area contributed by atoms with Gasteiger partial charge in [0.25, 0.3) is 0 Å². The summed E-state index contributed by atoms with van der Waals surface area (Å²) in [4.78, 5) is 0. The molecule has 1 aliphatic rings. The lowest BCUT2D eigenvalue weighted by Crippen LogP contribution is -2.01. The van der Waals surface area contributed by atoms with Crippen LogP contribution in [0.25, 0.3) is 0 Å². The first kappa shape index (κ1) is 4.09. The minimum absolute atomic E-state index is 0.836. The first-order chi connectivity index (χ1) is 3.97. The average Bonchev–Trinajstić information content (AvgIpc) is 2.15. The second-order valence-electron chi connectivity index (χ2n) is 1.81. The molecule has 0 fully saturated rings. The summed E-state index contributed by atoms with van der Waals surface area (Å²) in [5, 5.41) is 6.82. The molecule has 0 aromatic carbocycles. The number of nitrogens with zero attached hydrogens (tertiary/aromatic N) is 1. The monoisotopic (exact) mass is 109 g/mol. The highest BCUT2D eigenvalue weighted by Gasteiger charge is 2.13. The number of fused-ring (bicyclic) bond motifs is 1. The molecule has 1 N–H and O–H groups in total. The first-order valence-corrected chi connectivity index (χ1v) is 2.52. The van der Waals surface area contributed by atoms with Crippen molar-refractivity contribution in [2.45, 2.75) is 13.1 Å². The molecule has 3 heteroatoms. The van der Waals surface area contributed by atoms with Gasteiger partial charge in [0.15, 0.2) is 0 Å². The van der Waals surface area contributed by atoms with Crippen molar-refractivity contribution in [2.24, 2.45) is 0 Å². The molecule has 1 aromatic rings. The van der Waals surface area contributed by atoms with Gasteiger partial charge in [-0.1, -0.05) is 5.16 Å². The van der Waals surface area contributed by atoms with E-state index in [9.17, 15) is 0 Å². The van der Waals surface area contributed by atoms with E-state index in [2.05, 4.69) is 21.3 Å². The quantitative estimate of drug-likeness (QED) is 0.512. The van der Waals surface area contributed by atoms with Crippen LogP contribution in [0, 0.1) is 6.26 Å². The third-order valence-electron chi connectivity index (χ3n) is 1.27. The lowest BCUT2D eigenvalue weighted by atomic mass is 10.3. The van der Waals surface area contributed by atoms with Crippen molar-refractivity contribution in [1.82, 2.24) is 10.5 Å². The minimum atomic E-state index is 0.836. The van der Waals surface area contributed by atoms with Gasteiger partial charge in [0, 0.05) is 18.7 Å². The summed E-state index contributed by atoms with van der Waals surface area (Å²) in [5.74, 6) is 0. The summed E-state index contributed by atoms with van der Waals surface area (Å²) < 4.78 is 4.57. The largest absolute Gasteiger partial charge is 0.352 e. The Morgan fingerprint density at radius 1 is 1.62 bits per heavy atom. The normalized spacial score (nSPS) is 16.5. The molecular weight excluding hydrogens is 104 g/mol. The van der Waals surface area contributed by atoms with E-state index in [4.69, 9.17) is 0 Å². The van der Waals surface area contributed by atoms with Crippen LogP contribution >= 0.6 is 0 Å². The summed E-state index contributed by atoms with van der Waals surface area (Å²) >= 11 is 0. The topological polar surface area (TPSA) is 38.1 Å². The van der Waals surface area contributed by atoms with Crippen molar-refractivity contribution in [3.05, 3.63) is 17.5 Å². The zero-order valence-corrected chi connectivity index (χ0v) is 4.27. The van der Waals surface area contributed by atoms with Crippen LogP contribution in [-0.2, 0) is 13.1 Å². The maximum Gasteiger partial charge on any atom is 0.210 e. The van der Waals surface area contributed by atoms with Crippen molar-refractivity contribution in [3.63, 3.8) is 0 Å². The maximum absolute atomic E-state index is 4.57. The Hall–Kier alpha value is -0.830. The van der Waals surface area contributed by atoms with E-state index in [-0.39, 0.29) is 0 Å². The van der Waals surface area contributed by atoms with Gasteiger partial charge in [-0.3, -0.25) is 0 Å². The number of hydrogen-bond donors (Lipinski definition) is 1. The molecule has 0 unspecified atom stereocenters. The standard InChI is InChI=1S/C5H5N2O/c1-4-3-8-7-5(4)2-6-1/h6H,1-2H2. The van der Waals surface area contributed by atoms with E-state index < -0.39 is 0 Å². The molecule has 8 heavy (non-hydrogen) atoms. The van der Waals surface area contributed by atoms with Crippen LogP contribution in [-0.4, -0.2) is 5.16 Å². The number of rotatable bonds is 0. The van der Waals surface area contributed by atoms with Crippen LogP contribution in [0.1, 0.15) is 11.3 Å². The van der Waals surface area contributed by atoms with Gasteiger partial charge < -0.3 is 9.84 Å². The number of nitrogens with one attached hydrogen (secondary N) is 1. The van der Waals surface area contributed by atoms with Crippen LogP contribution in [0.4, 0.5) is 0 Å². The molecule has 1 aromatic heterocycles. The lowest BCUT2D eigenvalue weighted by molar-refractivity contribution is 0.399. The Morgan fingerprint density at radius 3 is 3.50 bits per heavy atom.